The van der Waals surface area contributed by atoms with Crippen LogP contribution in [0.2, 0.25) is 0 Å². The second kappa shape index (κ2) is 5.08. The highest BCUT2D eigenvalue weighted by molar-refractivity contribution is 5.97. The molecule has 0 bridgehead atoms. The summed E-state index contributed by atoms with van der Waals surface area (Å²) in [6.07, 6.45) is 5.35. The molecule has 4 rings (SSSR count). The van der Waals surface area contributed by atoms with Gasteiger partial charge in [-0.15, -0.1) is 0 Å². The Balaban J connectivity index is 2.17. The highest BCUT2D eigenvalue weighted by Crippen LogP contribution is 2.43. The quantitative estimate of drug-likeness (QED) is 0.370. The molecule has 1 heteroatoms. The second-order valence-corrected chi connectivity index (χ2v) is 6.95. The Morgan fingerprint density at radius 3 is 2.41 bits per heavy atom. The van der Waals surface area contributed by atoms with Gasteiger partial charge in [0.2, 0.25) is 0 Å². The molecule has 1 nitrogen and oxygen atoms in total. The number of benzene rings is 2. The fourth-order valence-corrected chi connectivity index (χ4v) is 4.19. The SMILES string of the molecule is Cc1cc(C)c2c(C3CCCC3)c3cc(C)ccc3[o+]c2c1. The van der Waals surface area contributed by atoms with E-state index in [-0.39, 0.29) is 0 Å². The van der Waals surface area contributed by atoms with Gasteiger partial charge in [-0.05, 0) is 73.9 Å². The molecule has 0 unspecified atom stereocenters. The minimum atomic E-state index is 0.685. The van der Waals surface area contributed by atoms with E-state index in [2.05, 4.69) is 51.1 Å². The van der Waals surface area contributed by atoms with Crippen LogP contribution in [-0.4, -0.2) is 0 Å². The summed E-state index contributed by atoms with van der Waals surface area (Å²) in [5.74, 6) is 0.685. The van der Waals surface area contributed by atoms with Crippen LogP contribution >= 0.6 is 0 Å². The van der Waals surface area contributed by atoms with Gasteiger partial charge in [0.05, 0.1) is 10.8 Å². The van der Waals surface area contributed by atoms with Crippen LogP contribution in [-0.2, 0) is 0 Å². The minimum Gasteiger partial charge on any atom is -0.207 e. The average Bonchev–Trinajstić information content (AvgIpc) is 2.99. The molecule has 1 fully saturated rings. The van der Waals surface area contributed by atoms with Crippen molar-refractivity contribution in [3.8, 4) is 0 Å². The molecule has 0 spiro atoms. The fraction of sp³-hybridized carbons (Fsp3) is 0.381. The zero-order valence-electron chi connectivity index (χ0n) is 13.7. The Hall–Kier alpha value is -1.89. The van der Waals surface area contributed by atoms with Crippen molar-refractivity contribution in [1.29, 1.82) is 0 Å². The molecule has 0 amide bonds. The Morgan fingerprint density at radius 1 is 0.864 bits per heavy atom. The van der Waals surface area contributed by atoms with Gasteiger partial charge in [0.1, 0.15) is 0 Å². The molecule has 2 aromatic carbocycles. The number of hydrogen-bond acceptors (Lipinski definition) is 0. The average molecular weight is 291 g/mol. The summed E-state index contributed by atoms with van der Waals surface area (Å²) in [7, 11) is 0. The lowest BCUT2D eigenvalue weighted by Crippen LogP contribution is -1.98. The Labute approximate surface area is 132 Å². The maximum absolute atomic E-state index is 6.26. The first kappa shape index (κ1) is 13.8. The highest BCUT2D eigenvalue weighted by Gasteiger charge is 2.28. The van der Waals surface area contributed by atoms with E-state index in [0.29, 0.717) is 5.92 Å². The Kier molecular flexibility index (Phi) is 3.18. The van der Waals surface area contributed by atoms with E-state index in [1.807, 2.05) is 0 Å². The van der Waals surface area contributed by atoms with Gasteiger partial charge in [0, 0.05) is 12.1 Å². The van der Waals surface area contributed by atoms with E-state index < -0.39 is 0 Å². The van der Waals surface area contributed by atoms with Gasteiger partial charge in [-0.3, -0.25) is 0 Å². The van der Waals surface area contributed by atoms with Gasteiger partial charge in [0.25, 0.3) is 0 Å². The Morgan fingerprint density at radius 2 is 1.64 bits per heavy atom. The highest BCUT2D eigenvalue weighted by atomic mass is 16.3. The van der Waals surface area contributed by atoms with E-state index in [1.165, 1.54) is 58.7 Å². The van der Waals surface area contributed by atoms with Crippen molar-refractivity contribution >= 4 is 21.9 Å². The summed E-state index contributed by atoms with van der Waals surface area (Å²) in [5, 5.41) is 2.68. The van der Waals surface area contributed by atoms with Crippen LogP contribution in [0.5, 0.6) is 0 Å². The zero-order chi connectivity index (χ0) is 15.3. The van der Waals surface area contributed by atoms with Gasteiger partial charge in [-0.2, -0.15) is 0 Å². The standard InChI is InChI=1S/C21H23O/c1-13-8-9-18-17(11-13)21(16-6-4-5-7-16)20-15(3)10-14(2)12-19(20)22-18/h8-12,16H,4-7H2,1-3H3/q+1. The summed E-state index contributed by atoms with van der Waals surface area (Å²) in [5.41, 5.74) is 7.56. The van der Waals surface area contributed by atoms with Crippen molar-refractivity contribution < 1.29 is 4.42 Å². The fourth-order valence-electron chi connectivity index (χ4n) is 4.19. The number of fused-ring (bicyclic) bond motifs is 2. The first-order chi connectivity index (χ1) is 10.6. The van der Waals surface area contributed by atoms with Gasteiger partial charge in [0.15, 0.2) is 0 Å². The molecule has 0 N–H and O–H groups in total. The zero-order valence-corrected chi connectivity index (χ0v) is 13.7. The normalized spacial score (nSPS) is 16.0. The van der Waals surface area contributed by atoms with Crippen LogP contribution in [0.1, 0.15) is 53.9 Å². The maximum Gasteiger partial charge on any atom is 0.361 e. The molecule has 0 saturated heterocycles. The van der Waals surface area contributed by atoms with Gasteiger partial charge in [-0.1, -0.05) is 18.9 Å². The lowest BCUT2D eigenvalue weighted by atomic mass is 9.88. The minimum absolute atomic E-state index is 0.685. The van der Waals surface area contributed by atoms with Gasteiger partial charge in [-0.25, -0.2) is 4.42 Å². The third-order valence-electron chi connectivity index (χ3n) is 5.12. The molecule has 22 heavy (non-hydrogen) atoms. The molecule has 1 heterocycles. The summed E-state index contributed by atoms with van der Waals surface area (Å²) < 4.78 is 6.26. The van der Waals surface area contributed by atoms with Gasteiger partial charge < -0.3 is 0 Å². The van der Waals surface area contributed by atoms with Crippen LogP contribution in [0, 0.1) is 20.8 Å². The van der Waals surface area contributed by atoms with Crippen molar-refractivity contribution in [3.05, 3.63) is 52.6 Å². The number of rotatable bonds is 1. The lowest BCUT2D eigenvalue weighted by Gasteiger charge is -2.14. The van der Waals surface area contributed by atoms with Crippen molar-refractivity contribution in [2.75, 3.05) is 0 Å². The predicted molar refractivity (Wildman–Crippen MR) is 93.5 cm³/mol. The van der Waals surface area contributed by atoms with E-state index in [0.717, 1.165) is 11.2 Å². The summed E-state index contributed by atoms with van der Waals surface area (Å²) in [6, 6.07) is 11.1. The number of hydrogen-bond donors (Lipinski definition) is 0. The van der Waals surface area contributed by atoms with E-state index in [1.54, 1.807) is 0 Å². The lowest BCUT2D eigenvalue weighted by molar-refractivity contribution is 0.652. The van der Waals surface area contributed by atoms with Crippen LogP contribution in [0.25, 0.3) is 21.9 Å². The monoisotopic (exact) mass is 291 g/mol. The summed E-state index contributed by atoms with van der Waals surface area (Å²) in [4.78, 5) is 0. The molecule has 1 aliphatic rings. The van der Waals surface area contributed by atoms with Crippen molar-refractivity contribution in [2.45, 2.75) is 52.4 Å². The maximum atomic E-state index is 6.26. The third kappa shape index (κ3) is 2.11. The molecular formula is C21H23O+. The van der Waals surface area contributed by atoms with E-state index in [9.17, 15) is 0 Å². The third-order valence-corrected chi connectivity index (χ3v) is 5.12. The van der Waals surface area contributed by atoms with Crippen LogP contribution in [0.4, 0.5) is 0 Å². The van der Waals surface area contributed by atoms with Crippen LogP contribution in [0.15, 0.2) is 34.7 Å². The summed E-state index contributed by atoms with van der Waals surface area (Å²) >= 11 is 0. The molecule has 0 atom stereocenters. The first-order valence-electron chi connectivity index (χ1n) is 8.41. The topological polar surface area (TPSA) is 11.3 Å². The molecule has 3 aromatic rings. The summed E-state index contributed by atoms with van der Waals surface area (Å²) in [6.45, 7) is 6.55. The van der Waals surface area contributed by atoms with Crippen LogP contribution in [0.3, 0.4) is 0 Å². The van der Waals surface area contributed by atoms with Crippen LogP contribution < -0.4 is 0 Å². The van der Waals surface area contributed by atoms with E-state index in [4.69, 9.17) is 4.42 Å². The number of aryl methyl sites for hydroxylation is 3. The molecule has 1 saturated carbocycles. The molecule has 0 radical (unpaired) electrons. The van der Waals surface area contributed by atoms with Crippen molar-refractivity contribution in [1.82, 2.24) is 0 Å². The predicted octanol–water partition coefficient (Wildman–Crippen LogP) is 6.45. The Bertz CT molecular complexity index is 870. The second-order valence-electron chi connectivity index (χ2n) is 6.95. The molecule has 112 valence electrons. The smallest absolute Gasteiger partial charge is 0.207 e. The first-order valence-corrected chi connectivity index (χ1v) is 8.41. The largest absolute Gasteiger partial charge is 0.361 e. The van der Waals surface area contributed by atoms with Crippen molar-refractivity contribution in [3.63, 3.8) is 0 Å². The molecule has 0 aliphatic heterocycles. The van der Waals surface area contributed by atoms with Gasteiger partial charge >= 0.3 is 11.2 Å². The molecular weight excluding hydrogens is 268 g/mol. The van der Waals surface area contributed by atoms with Crippen molar-refractivity contribution in [2.24, 2.45) is 0 Å². The molecule has 1 aromatic heterocycles. The van der Waals surface area contributed by atoms with E-state index >= 15 is 0 Å². The molecule has 1 aliphatic carbocycles.